The van der Waals surface area contributed by atoms with Crippen molar-refractivity contribution in [1.82, 2.24) is 14.9 Å². The number of aliphatic hydroxyl groups is 1. The van der Waals surface area contributed by atoms with Crippen molar-refractivity contribution in [3.05, 3.63) is 35.4 Å². The number of hydrogen-bond acceptors (Lipinski definition) is 4. The van der Waals surface area contributed by atoms with E-state index in [1.54, 1.807) is 0 Å². The van der Waals surface area contributed by atoms with Crippen molar-refractivity contribution >= 4 is 6.09 Å². The molecule has 1 aromatic rings. The van der Waals surface area contributed by atoms with Gasteiger partial charge in [-0.05, 0) is 26.7 Å². The highest BCUT2D eigenvalue weighted by Gasteiger charge is 2.28. The molecule has 2 N–H and O–H groups in total. The van der Waals surface area contributed by atoms with Gasteiger partial charge in [-0.1, -0.05) is 6.08 Å². The van der Waals surface area contributed by atoms with Gasteiger partial charge in [0.1, 0.15) is 11.9 Å². The number of nitrogens with zero attached hydrogens (tertiary/aromatic N) is 3. The highest BCUT2D eigenvalue weighted by molar-refractivity contribution is 5.65. The van der Waals surface area contributed by atoms with Crippen LogP contribution in [0, 0.1) is 13.8 Å². The molecule has 114 valence electrons. The van der Waals surface area contributed by atoms with Gasteiger partial charge in [-0.3, -0.25) is 0 Å². The van der Waals surface area contributed by atoms with Crippen molar-refractivity contribution in [2.45, 2.75) is 38.7 Å². The van der Waals surface area contributed by atoms with Crippen LogP contribution < -0.4 is 0 Å². The van der Waals surface area contributed by atoms with Crippen LogP contribution in [0.3, 0.4) is 0 Å². The van der Waals surface area contributed by atoms with Gasteiger partial charge in [0.15, 0.2) is 0 Å². The Kier molecular flexibility index (Phi) is 4.57. The van der Waals surface area contributed by atoms with E-state index in [9.17, 15) is 9.90 Å². The summed E-state index contributed by atoms with van der Waals surface area (Å²) >= 11 is 0. The first-order chi connectivity index (χ1) is 9.93. The lowest BCUT2D eigenvalue weighted by molar-refractivity contribution is 0.131. The van der Waals surface area contributed by atoms with E-state index >= 15 is 0 Å². The minimum Gasteiger partial charge on any atom is -0.465 e. The number of hydrogen-bond donors (Lipinski definition) is 2. The van der Waals surface area contributed by atoms with Crippen LogP contribution in [-0.4, -0.2) is 44.3 Å². The van der Waals surface area contributed by atoms with Crippen molar-refractivity contribution in [1.29, 1.82) is 0 Å². The van der Waals surface area contributed by atoms with Crippen molar-refractivity contribution in [2.75, 3.05) is 13.1 Å². The molecule has 1 unspecified atom stereocenters. The monoisotopic (exact) mass is 291 g/mol. The molecule has 1 atom stereocenters. The maximum atomic E-state index is 11.0. The molecule has 21 heavy (non-hydrogen) atoms. The normalized spacial score (nSPS) is 17.6. The molecule has 6 nitrogen and oxygen atoms in total. The quantitative estimate of drug-likeness (QED) is 0.833. The number of piperidine rings is 1. The first-order valence-electron chi connectivity index (χ1n) is 7.07. The number of amides is 1. The number of aryl methyl sites for hydroxylation is 2. The van der Waals surface area contributed by atoms with Gasteiger partial charge in [0, 0.05) is 30.3 Å². The van der Waals surface area contributed by atoms with Crippen molar-refractivity contribution in [3.63, 3.8) is 0 Å². The minimum absolute atomic E-state index is 0.144. The molecule has 2 rings (SSSR count). The lowest BCUT2D eigenvalue weighted by Crippen LogP contribution is -2.37. The lowest BCUT2D eigenvalue weighted by atomic mass is 9.88. The molecule has 0 aromatic carbocycles. The number of likely N-dealkylation sites (tertiary alicyclic amines) is 1. The molecule has 6 heteroatoms. The third kappa shape index (κ3) is 3.21. The summed E-state index contributed by atoms with van der Waals surface area (Å²) in [6, 6.07) is 0. The van der Waals surface area contributed by atoms with E-state index in [-0.39, 0.29) is 5.92 Å². The summed E-state index contributed by atoms with van der Waals surface area (Å²) in [5.41, 5.74) is 2.30. The van der Waals surface area contributed by atoms with Gasteiger partial charge in [-0.15, -0.1) is 6.58 Å². The predicted octanol–water partition coefficient (Wildman–Crippen LogP) is 2.17. The Labute approximate surface area is 124 Å². The zero-order valence-corrected chi connectivity index (χ0v) is 12.4. The van der Waals surface area contributed by atoms with Gasteiger partial charge >= 0.3 is 6.09 Å². The summed E-state index contributed by atoms with van der Waals surface area (Å²) in [5, 5.41) is 19.2. The maximum Gasteiger partial charge on any atom is 0.407 e. The molecule has 0 saturated carbocycles. The lowest BCUT2D eigenvalue weighted by Gasteiger charge is -2.31. The largest absolute Gasteiger partial charge is 0.465 e. The molecule has 1 aliphatic heterocycles. The van der Waals surface area contributed by atoms with Crippen LogP contribution in [0.15, 0.2) is 12.7 Å². The van der Waals surface area contributed by atoms with Gasteiger partial charge in [0.05, 0.1) is 5.69 Å². The van der Waals surface area contributed by atoms with Crippen LogP contribution in [0.2, 0.25) is 0 Å². The first-order valence-corrected chi connectivity index (χ1v) is 7.07. The summed E-state index contributed by atoms with van der Waals surface area (Å²) in [4.78, 5) is 21.2. The van der Waals surface area contributed by atoms with E-state index < -0.39 is 12.2 Å². The van der Waals surface area contributed by atoms with Crippen LogP contribution in [0.4, 0.5) is 4.79 Å². The zero-order valence-electron chi connectivity index (χ0n) is 12.4. The second kappa shape index (κ2) is 6.22. The number of carboxylic acid groups (broad SMARTS) is 1. The number of carbonyl (C=O) groups is 1. The number of aromatic nitrogens is 2. The molecular weight excluding hydrogens is 270 g/mol. The van der Waals surface area contributed by atoms with Crippen LogP contribution in [0.1, 0.15) is 47.6 Å². The maximum absolute atomic E-state index is 11.0. The predicted molar refractivity (Wildman–Crippen MR) is 78.2 cm³/mol. The second-order valence-electron chi connectivity index (χ2n) is 5.38. The Morgan fingerprint density at radius 1 is 1.38 bits per heavy atom. The van der Waals surface area contributed by atoms with E-state index in [1.807, 2.05) is 13.8 Å². The van der Waals surface area contributed by atoms with Crippen LogP contribution in [-0.2, 0) is 0 Å². The zero-order chi connectivity index (χ0) is 15.6. The van der Waals surface area contributed by atoms with E-state index in [2.05, 4.69) is 16.5 Å². The highest BCUT2D eigenvalue weighted by Crippen LogP contribution is 2.33. The Morgan fingerprint density at radius 2 is 2.00 bits per heavy atom. The van der Waals surface area contributed by atoms with E-state index in [1.165, 1.54) is 11.0 Å². The molecule has 0 radical (unpaired) electrons. The summed E-state index contributed by atoms with van der Waals surface area (Å²) in [7, 11) is 0. The number of aliphatic hydroxyl groups excluding tert-OH is 1. The molecule has 1 aliphatic rings. The fraction of sp³-hybridized carbons (Fsp3) is 0.533. The van der Waals surface area contributed by atoms with E-state index in [0.717, 1.165) is 11.4 Å². The Bertz CT molecular complexity index is 551. The van der Waals surface area contributed by atoms with Crippen LogP contribution in [0.25, 0.3) is 0 Å². The molecular formula is C15H21N3O3. The molecule has 0 aliphatic carbocycles. The van der Waals surface area contributed by atoms with E-state index in [4.69, 9.17) is 5.11 Å². The van der Waals surface area contributed by atoms with Crippen LogP contribution in [0.5, 0.6) is 0 Å². The second-order valence-corrected chi connectivity index (χ2v) is 5.38. The summed E-state index contributed by atoms with van der Waals surface area (Å²) in [6.07, 6.45) is 1.21. The molecule has 1 aromatic heterocycles. The average molecular weight is 291 g/mol. The topological polar surface area (TPSA) is 86.6 Å². The number of rotatable bonds is 3. The minimum atomic E-state index is -0.880. The third-order valence-electron chi connectivity index (χ3n) is 3.95. The Morgan fingerprint density at radius 3 is 2.52 bits per heavy atom. The van der Waals surface area contributed by atoms with Crippen molar-refractivity contribution in [3.8, 4) is 0 Å². The third-order valence-corrected chi connectivity index (χ3v) is 3.95. The van der Waals surface area contributed by atoms with Gasteiger partial charge < -0.3 is 15.1 Å². The molecule has 0 spiro atoms. The molecule has 1 saturated heterocycles. The summed E-state index contributed by atoms with van der Waals surface area (Å²) in [6.45, 7) is 8.29. The summed E-state index contributed by atoms with van der Waals surface area (Å²) in [5.74, 6) is 0.814. The highest BCUT2D eigenvalue weighted by atomic mass is 16.4. The fourth-order valence-electron chi connectivity index (χ4n) is 2.89. The molecule has 2 heterocycles. The Hall–Kier alpha value is -1.95. The van der Waals surface area contributed by atoms with E-state index in [0.29, 0.717) is 37.3 Å². The van der Waals surface area contributed by atoms with Crippen molar-refractivity contribution in [2.24, 2.45) is 0 Å². The SMILES string of the molecule is C=CC(O)c1c(C)nc(C)nc1C1CCN(C(=O)O)CC1. The molecule has 1 amide bonds. The molecule has 1 fully saturated rings. The standard InChI is InChI=1S/C15H21N3O3/c1-4-12(19)13-9(2)16-10(3)17-14(13)11-5-7-18(8-6-11)15(20)21/h4,11-12,19H,1,5-8H2,2-3H3,(H,20,21). The van der Waals surface area contributed by atoms with Gasteiger partial charge in [-0.2, -0.15) is 0 Å². The van der Waals surface area contributed by atoms with Gasteiger partial charge in [-0.25, -0.2) is 14.8 Å². The smallest absolute Gasteiger partial charge is 0.407 e. The van der Waals surface area contributed by atoms with Crippen molar-refractivity contribution < 1.29 is 15.0 Å². The average Bonchev–Trinajstić information content (AvgIpc) is 2.45. The van der Waals surface area contributed by atoms with Gasteiger partial charge in [0.2, 0.25) is 0 Å². The Balaban J connectivity index is 2.31. The van der Waals surface area contributed by atoms with Gasteiger partial charge in [0.25, 0.3) is 0 Å². The molecule has 0 bridgehead atoms. The summed E-state index contributed by atoms with van der Waals surface area (Å²) < 4.78 is 0. The fourth-order valence-corrected chi connectivity index (χ4v) is 2.89. The van der Waals surface area contributed by atoms with Crippen LogP contribution >= 0.6 is 0 Å². The first kappa shape index (κ1) is 15.4.